The van der Waals surface area contributed by atoms with Gasteiger partial charge in [-0.2, -0.15) is 0 Å². The zero-order chi connectivity index (χ0) is 18.3. The third kappa shape index (κ3) is 3.05. The molecule has 4 rings (SSSR count). The van der Waals surface area contributed by atoms with Crippen molar-refractivity contribution in [1.82, 2.24) is 0 Å². The summed E-state index contributed by atoms with van der Waals surface area (Å²) in [5.74, 6) is 1.04. The first-order valence-corrected chi connectivity index (χ1v) is 10.0. The number of hydrogen-bond donors (Lipinski definition) is 0. The lowest BCUT2D eigenvalue weighted by atomic mass is 9.87. The van der Waals surface area contributed by atoms with E-state index in [4.69, 9.17) is 4.74 Å². The highest BCUT2D eigenvalue weighted by molar-refractivity contribution is 8.03. The zero-order valence-corrected chi connectivity index (χ0v) is 16.6. The van der Waals surface area contributed by atoms with E-state index in [2.05, 4.69) is 93.3 Å². The van der Waals surface area contributed by atoms with Gasteiger partial charge < -0.3 is 9.64 Å². The Morgan fingerprint density at radius 1 is 1.19 bits per heavy atom. The van der Waals surface area contributed by atoms with Gasteiger partial charge in [-0.25, -0.2) is 0 Å². The molecule has 0 saturated carbocycles. The molecule has 1 aliphatic carbocycles. The summed E-state index contributed by atoms with van der Waals surface area (Å²) in [5.41, 5.74) is 3.78. The lowest BCUT2D eigenvalue weighted by Gasteiger charge is -2.33. The number of allylic oxidation sites excluding steroid dienone is 6. The van der Waals surface area contributed by atoms with Crippen LogP contribution in [0.1, 0.15) is 27.7 Å². The van der Waals surface area contributed by atoms with Crippen LogP contribution in [0, 0.1) is 5.41 Å². The molecule has 0 bridgehead atoms. The molecule has 0 spiro atoms. The second kappa shape index (κ2) is 6.55. The summed E-state index contributed by atoms with van der Waals surface area (Å²) in [7, 11) is 0. The molecule has 0 saturated heterocycles. The number of hydrogen-bond acceptors (Lipinski definition) is 3. The Balaban J connectivity index is 1.79. The maximum absolute atomic E-state index is 6.28. The highest BCUT2D eigenvalue weighted by Gasteiger charge is 2.30. The predicted octanol–water partition coefficient (Wildman–Crippen LogP) is 6.21. The second-order valence-corrected chi connectivity index (χ2v) is 8.81. The average Bonchev–Trinajstić information content (AvgIpc) is 2.97. The van der Waals surface area contributed by atoms with Crippen molar-refractivity contribution in [3.63, 3.8) is 0 Å². The van der Waals surface area contributed by atoms with Crippen LogP contribution in [0.4, 0.5) is 5.69 Å². The quantitative estimate of drug-likeness (QED) is 0.619. The Morgan fingerprint density at radius 2 is 2.00 bits per heavy atom. The summed E-state index contributed by atoms with van der Waals surface area (Å²) in [5, 5.41) is 1.28. The van der Waals surface area contributed by atoms with Crippen LogP contribution in [0.3, 0.4) is 0 Å². The van der Waals surface area contributed by atoms with Crippen molar-refractivity contribution in [2.45, 2.75) is 38.7 Å². The first-order valence-electron chi connectivity index (χ1n) is 9.21. The molecule has 0 radical (unpaired) electrons. The molecule has 1 aromatic carbocycles. The van der Waals surface area contributed by atoms with Crippen molar-refractivity contribution in [3.05, 3.63) is 82.7 Å². The summed E-state index contributed by atoms with van der Waals surface area (Å²) in [6, 6.07) is 8.63. The molecule has 0 aromatic heterocycles. The normalized spacial score (nSPS) is 23.1. The number of para-hydroxylation sites is 1. The number of benzene rings is 1. The van der Waals surface area contributed by atoms with Crippen molar-refractivity contribution in [1.29, 1.82) is 0 Å². The monoisotopic (exact) mass is 363 g/mol. The maximum Gasteiger partial charge on any atom is 0.142 e. The molecule has 0 fully saturated rings. The molecule has 2 heterocycles. The van der Waals surface area contributed by atoms with E-state index in [9.17, 15) is 0 Å². The van der Waals surface area contributed by atoms with Crippen molar-refractivity contribution < 1.29 is 4.74 Å². The van der Waals surface area contributed by atoms with Gasteiger partial charge in [0.1, 0.15) is 11.9 Å². The van der Waals surface area contributed by atoms with Gasteiger partial charge in [-0.1, -0.05) is 62.9 Å². The number of fused-ring (bicyclic) bond motifs is 2. The van der Waals surface area contributed by atoms with Gasteiger partial charge in [-0.15, -0.1) is 0 Å². The van der Waals surface area contributed by atoms with Crippen LogP contribution in [0.2, 0.25) is 0 Å². The van der Waals surface area contributed by atoms with E-state index in [1.165, 1.54) is 26.8 Å². The van der Waals surface area contributed by atoms with Crippen molar-refractivity contribution in [3.8, 4) is 0 Å². The van der Waals surface area contributed by atoms with E-state index in [-0.39, 0.29) is 11.5 Å². The first kappa shape index (κ1) is 17.3. The fraction of sp³-hybridized carbons (Fsp3) is 0.304. The van der Waals surface area contributed by atoms with Crippen molar-refractivity contribution in [2.24, 2.45) is 5.41 Å². The van der Waals surface area contributed by atoms with Crippen LogP contribution in [0.25, 0.3) is 0 Å². The van der Waals surface area contributed by atoms with E-state index in [0.717, 1.165) is 12.3 Å². The Bertz CT molecular complexity index is 880. The van der Waals surface area contributed by atoms with Gasteiger partial charge in [0.15, 0.2) is 0 Å². The predicted molar refractivity (Wildman–Crippen MR) is 111 cm³/mol. The fourth-order valence-electron chi connectivity index (χ4n) is 3.42. The van der Waals surface area contributed by atoms with Gasteiger partial charge >= 0.3 is 0 Å². The lowest BCUT2D eigenvalue weighted by Crippen LogP contribution is -2.25. The summed E-state index contributed by atoms with van der Waals surface area (Å²) in [4.78, 5) is 3.72. The lowest BCUT2D eigenvalue weighted by molar-refractivity contribution is 0.124. The van der Waals surface area contributed by atoms with Gasteiger partial charge in [0.05, 0.1) is 10.7 Å². The molecule has 2 aliphatic heterocycles. The summed E-state index contributed by atoms with van der Waals surface area (Å²) < 4.78 is 6.28. The molecule has 1 atom stereocenters. The Labute approximate surface area is 160 Å². The van der Waals surface area contributed by atoms with Crippen molar-refractivity contribution in [2.75, 3.05) is 11.4 Å². The van der Waals surface area contributed by atoms with Crippen LogP contribution >= 0.6 is 11.8 Å². The van der Waals surface area contributed by atoms with E-state index in [0.29, 0.717) is 0 Å². The van der Waals surface area contributed by atoms with Crippen LogP contribution in [-0.4, -0.2) is 12.6 Å². The number of nitrogens with zero attached hydrogens (tertiary/aromatic N) is 1. The summed E-state index contributed by atoms with van der Waals surface area (Å²) in [6.07, 6.45) is 13.0. The Hall–Kier alpha value is -2.13. The standard InChI is InChI=1S/C23H25NOS/c1-5-24-18-11-7-9-13-20(18)26-22(24)15-16-14-21(23(2,3)4)25-19-12-8-6-10-17(16)19/h6-15,19H,5H2,1-4H3. The average molecular weight is 364 g/mol. The minimum Gasteiger partial charge on any atom is -0.485 e. The van der Waals surface area contributed by atoms with Crippen LogP contribution in [0.15, 0.2) is 87.6 Å². The van der Waals surface area contributed by atoms with E-state index in [1.54, 1.807) is 0 Å². The third-order valence-corrected chi connectivity index (χ3v) is 5.94. The summed E-state index contributed by atoms with van der Waals surface area (Å²) >= 11 is 1.85. The highest BCUT2D eigenvalue weighted by atomic mass is 32.2. The molecular weight excluding hydrogens is 338 g/mol. The molecule has 0 amide bonds. The minimum absolute atomic E-state index is 0.00919. The molecule has 1 aromatic rings. The molecule has 26 heavy (non-hydrogen) atoms. The fourth-order valence-corrected chi connectivity index (χ4v) is 4.60. The van der Waals surface area contributed by atoms with E-state index in [1.807, 2.05) is 11.8 Å². The molecule has 3 heteroatoms. The van der Waals surface area contributed by atoms with Crippen LogP contribution in [0.5, 0.6) is 0 Å². The number of anilines is 1. The van der Waals surface area contributed by atoms with Crippen LogP contribution in [-0.2, 0) is 4.74 Å². The molecule has 2 nitrogen and oxygen atoms in total. The topological polar surface area (TPSA) is 12.5 Å². The Morgan fingerprint density at radius 3 is 2.77 bits per heavy atom. The Kier molecular flexibility index (Phi) is 4.36. The second-order valence-electron chi connectivity index (χ2n) is 7.75. The van der Waals surface area contributed by atoms with E-state index >= 15 is 0 Å². The number of ether oxygens (including phenoxy) is 1. The van der Waals surface area contributed by atoms with Gasteiger partial charge in [0, 0.05) is 22.4 Å². The maximum atomic E-state index is 6.28. The zero-order valence-electron chi connectivity index (χ0n) is 15.8. The first-order chi connectivity index (χ1) is 12.5. The number of thioether (sulfide) groups is 1. The molecule has 3 aliphatic rings. The largest absolute Gasteiger partial charge is 0.485 e. The van der Waals surface area contributed by atoms with E-state index < -0.39 is 0 Å². The summed E-state index contributed by atoms with van der Waals surface area (Å²) in [6.45, 7) is 9.78. The number of rotatable bonds is 2. The molecule has 134 valence electrons. The molecule has 1 unspecified atom stereocenters. The van der Waals surface area contributed by atoms with Crippen LogP contribution < -0.4 is 4.90 Å². The highest BCUT2D eigenvalue weighted by Crippen LogP contribution is 2.47. The van der Waals surface area contributed by atoms with Gasteiger partial charge in [0.25, 0.3) is 0 Å². The smallest absolute Gasteiger partial charge is 0.142 e. The van der Waals surface area contributed by atoms with Gasteiger partial charge in [-0.3, -0.25) is 0 Å². The SMILES string of the molecule is CCN1C(=CC2=C3C=CC=CC3OC(C(C)(C)C)=C2)Sc2ccccc21. The van der Waals surface area contributed by atoms with Crippen molar-refractivity contribution >= 4 is 17.4 Å². The molecular formula is C23H25NOS. The van der Waals surface area contributed by atoms with Gasteiger partial charge in [-0.05, 0) is 42.9 Å². The minimum atomic E-state index is -0.0134. The third-order valence-electron chi connectivity index (χ3n) is 4.82. The molecule has 0 N–H and O–H groups in total. The van der Waals surface area contributed by atoms with Gasteiger partial charge in [0.2, 0.25) is 0 Å².